The van der Waals surface area contributed by atoms with Crippen LogP contribution in [-0.4, -0.2) is 9.78 Å². The third-order valence-corrected chi connectivity index (χ3v) is 2.24. The van der Waals surface area contributed by atoms with Gasteiger partial charge in [0.25, 0.3) is 0 Å². The summed E-state index contributed by atoms with van der Waals surface area (Å²) in [6.07, 6.45) is 1.66. The summed E-state index contributed by atoms with van der Waals surface area (Å²) in [5, 5.41) is 13.4. The van der Waals surface area contributed by atoms with Crippen molar-refractivity contribution < 1.29 is 0 Å². The third-order valence-electron chi connectivity index (χ3n) is 2.24. The summed E-state index contributed by atoms with van der Waals surface area (Å²) in [6, 6.07) is 2.21. The van der Waals surface area contributed by atoms with E-state index in [-0.39, 0.29) is 11.0 Å². The van der Waals surface area contributed by atoms with E-state index in [1.807, 2.05) is 4.68 Å². The van der Waals surface area contributed by atoms with Gasteiger partial charge in [-0.25, -0.2) is 0 Å². The smallest absolute Gasteiger partial charge is 0.103 e. The van der Waals surface area contributed by atoms with Crippen LogP contribution in [0.15, 0.2) is 6.20 Å². The molecule has 15 heavy (non-hydrogen) atoms. The summed E-state index contributed by atoms with van der Waals surface area (Å²) in [7, 11) is 0. The number of hydrogen-bond donors (Lipinski definition) is 0. The van der Waals surface area contributed by atoms with Crippen molar-refractivity contribution in [1.82, 2.24) is 9.78 Å². The van der Waals surface area contributed by atoms with Gasteiger partial charge < -0.3 is 0 Å². The van der Waals surface area contributed by atoms with Gasteiger partial charge in [0.05, 0.1) is 23.0 Å². The van der Waals surface area contributed by atoms with Gasteiger partial charge in [0, 0.05) is 5.41 Å². The molecular weight excluding hydrogens is 186 g/mol. The molecule has 0 unspecified atom stereocenters. The Morgan fingerprint density at radius 3 is 2.07 bits per heavy atom. The average Bonchev–Trinajstić information content (AvgIpc) is 2.44. The summed E-state index contributed by atoms with van der Waals surface area (Å²) < 4.78 is 1.95. The minimum atomic E-state index is -0.0856. The zero-order valence-corrected chi connectivity index (χ0v) is 10.4. The van der Waals surface area contributed by atoms with Crippen molar-refractivity contribution >= 4 is 0 Å². The first-order chi connectivity index (χ1) is 6.68. The number of nitriles is 1. The quantitative estimate of drug-likeness (QED) is 0.653. The first kappa shape index (κ1) is 11.8. The molecule has 0 amide bonds. The lowest BCUT2D eigenvalue weighted by Gasteiger charge is -2.28. The molecule has 1 aromatic heterocycles. The van der Waals surface area contributed by atoms with Crippen LogP contribution in [0, 0.1) is 11.3 Å². The van der Waals surface area contributed by atoms with Crippen LogP contribution >= 0.6 is 0 Å². The molecule has 1 rings (SSSR count). The zero-order chi connectivity index (χ0) is 11.9. The van der Waals surface area contributed by atoms with Crippen LogP contribution in [0.4, 0.5) is 0 Å². The highest BCUT2D eigenvalue weighted by Gasteiger charge is 2.28. The Hall–Kier alpha value is -1.30. The molecule has 0 N–H and O–H groups in total. The van der Waals surface area contributed by atoms with Crippen molar-refractivity contribution in [3.05, 3.63) is 17.5 Å². The highest BCUT2D eigenvalue weighted by molar-refractivity contribution is 5.36. The molecule has 0 saturated carbocycles. The average molecular weight is 205 g/mol. The molecule has 0 saturated heterocycles. The van der Waals surface area contributed by atoms with E-state index in [0.29, 0.717) is 5.56 Å². The normalized spacial score (nSPS) is 12.6. The van der Waals surface area contributed by atoms with Gasteiger partial charge in [0.1, 0.15) is 6.07 Å². The maximum atomic E-state index is 9.06. The van der Waals surface area contributed by atoms with E-state index in [1.54, 1.807) is 6.20 Å². The van der Waals surface area contributed by atoms with E-state index < -0.39 is 0 Å². The van der Waals surface area contributed by atoms with Gasteiger partial charge in [-0.2, -0.15) is 10.4 Å². The summed E-state index contributed by atoms with van der Waals surface area (Å²) in [6.45, 7) is 12.6. The second-order valence-corrected chi connectivity index (χ2v) is 5.85. The highest BCUT2D eigenvalue weighted by Crippen LogP contribution is 2.29. The van der Waals surface area contributed by atoms with Crippen molar-refractivity contribution in [3.8, 4) is 6.07 Å². The maximum Gasteiger partial charge on any atom is 0.103 e. The molecule has 0 aliphatic heterocycles. The van der Waals surface area contributed by atoms with Crippen LogP contribution in [0.3, 0.4) is 0 Å². The van der Waals surface area contributed by atoms with Crippen LogP contribution in [0.25, 0.3) is 0 Å². The second-order valence-electron chi connectivity index (χ2n) is 5.85. The van der Waals surface area contributed by atoms with Crippen molar-refractivity contribution in [3.63, 3.8) is 0 Å². The standard InChI is InChI=1S/C12H19N3/c1-11(2,3)10-9(7-13)8-14-15(10)12(4,5)6/h8H,1-6H3. The molecule has 0 bridgehead atoms. The van der Waals surface area contributed by atoms with Gasteiger partial charge in [0.15, 0.2) is 0 Å². The monoisotopic (exact) mass is 205 g/mol. The van der Waals surface area contributed by atoms with Crippen LogP contribution < -0.4 is 0 Å². The number of rotatable bonds is 0. The van der Waals surface area contributed by atoms with Crippen LogP contribution in [0.1, 0.15) is 52.8 Å². The molecule has 0 spiro atoms. The number of hydrogen-bond acceptors (Lipinski definition) is 2. The fourth-order valence-corrected chi connectivity index (χ4v) is 1.66. The lowest BCUT2D eigenvalue weighted by atomic mass is 9.88. The minimum Gasteiger partial charge on any atom is -0.262 e. The molecule has 0 aromatic carbocycles. The molecule has 0 atom stereocenters. The van der Waals surface area contributed by atoms with E-state index in [1.165, 1.54) is 0 Å². The number of aromatic nitrogens is 2. The Labute approximate surface area is 91.7 Å². The van der Waals surface area contributed by atoms with E-state index in [0.717, 1.165) is 5.69 Å². The summed E-state index contributed by atoms with van der Waals surface area (Å²) in [4.78, 5) is 0. The summed E-state index contributed by atoms with van der Waals surface area (Å²) >= 11 is 0. The Morgan fingerprint density at radius 1 is 1.20 bits per heavy atom. The van der Waals surface area contributed by atoms with Crippen molar-refractivity contribution in [1.29, 1.82) is 5.26 Å². The lowest BCUT2D eigenvalue weighted by Crippen LogP contribution is -2.30. The van der Waals surface area contributed by atoms with Crippen LogP contribution in [0.5, 0.6) is 0 Å². The third kappa shape index (κ3) is 2.20. The lowest BCUT2D eigenvalue weighted by molar-refractivity contribution is 0.322. The maximum absolute atomic E-state index is 9.06. The molecule has 3 heteroatoms. The molecule has 0 radical (unpaired) electrons. The predicted molar refractivity (Wildman–Crippen MR) is 60.6 cm³/mol. The fourth-order valence-electron chi connectivity index (χ4n) is 1.66. The Morgan fingerprint density at radius 2 is 1.73 bits per heavy atom. The van der Waals surface area contributed by atoms with Crippen molar-refractivity contribution in [2.24, 2.45) is 0 Å². The van der Waals surface area contributed by atoms with Crippen LogP contribution in [0.2, 0.25) is 0 Å². The Bertz CT molecular complexity index is 394. The minimum absolute atomic E-state index is 0.0607. The van der Waals surface area contributed by atoms with E-state index in [4.69, 9.17) is 5.26 Å². The molecule has 0 aliphatic carbocycles. The second kappa shape index (κ2) is 3.37. The zero-order valence-electron chi connectivity index (χ0n) is 10.4. The predicted octanol–water partition coefficient (Wildman–Crippen LogP) is 2.81. The molecule has 0 aliphatic rings. The Balaban J connectivity index is 3.46. The highest BCUT2D eigenvalue weighted by atomic mass is 15.3. The molecular formula is C12H19N3. The summed E-state index contributed by atoms with van der Waals surface area (Å²) in [5.41, 5.74) is 1.54. The fraction of sp³-hybridized carbons (Fsp3) is 0.667. The SMILES string of the molecule is CC(C)(C)c1c(C#N)cnn1C(C)(C)C. The first-order valence-corrected chi connectivity index (χ1v) is 5.17. The van der Waals surface area contributed by atoms with E-state index >= 15 is 0 Å². The van der Waals surface area contributed by atoms with E-state index in [9.17, 15) is 0 Å². The molecule has 82 valence electrons. The molecule has 0 fully saturated rings. The first-order valence-electron chi connectivity index (χ1n) is 5.17. The van der Waals surface area contributed by atoms with Crippen molar-refractivity contribution in [2.75, 3.05) is 0 Å². The summed E-state index contributed by atoms with van der Waals surface area (Å²) in [5.74, 6) is 0. The van der Waals surface area contributed by atoms with Gasteiger partial charge in [-0.15, -0.1) is 0 Å². The molecule has 3 nitrogen and oxygen atoms in total. The largest absolute Gasteiger partial charge is 0.262 e. The van der Waals surface area contributed by atoms with Gasteiger partial charge in [-0.05, 0) is 20.8 Å². The molecule has 1 heterocycles. The number of nitrogens with zero attached hydrogens (tertiary/aromatic N) is 3. The van der Waals surface area contributed by atoms with Crippen molar-refractivity contribution in [2.45, 2.75) is 52.5 Å². The van der Waals surface area contributed by atoms with Crippen LogP contribution in [-0.2, 0) is 11.0 Å². The Kier molecular flexibility index (Phi) is 2.65. The molecule has 1 aromatic rings. The van der Waals surface area contributed by atoms with E-state index in [2.05, 4.69) is 52.7 Å². The van der Waals surface area contributed by atoms with Gasteiger partial charge in [-0.1, -0.05) is 20.8 Å². The van der Waals surface area contributed by atoms with Gasteiger partial charge >= 0.3 is 0 Å². The topological polar surface area (TPSA) is 41.6 Å². The van der Waals surface area contributed by atoms with Gasteiger partial charge in [-0.3, -0.25) is 4.68 Å². The van der Waals surface area contributed by atoms with Gasteiger partial charge in [0.2, 0.25) is 0 Å².